The molecular weight excluding hydrogens is 461 g/mol. The first kappa shape index (κ1) is 24.2. The number of benzene rings is 1. The van der Waals surface area contributed by atoms with Gasteiger partial charge in [0.25, 0.3) is 0 Å². The Labute approximate surface area is 194 Å². The maximum atomic E-state index is 13.3. The van der Waals surface area contributed by atoms with Gasteiger partial charge in [-0.2, -0.15) is 18.4 Å². The maximum Gasteiger partial charge on any atom is 0.417 e. The topological polar surface area (TPSA) is 126 Å². The molecule has 180 valence electrons. The van der Waals surface area contributed by atoms with Crippen LogP contribution in [0.2, 0.25) is 5.02 Å². The summed E-state index contributed by atoms with van der Waals surface area (Å²) in [5.41, 5.74) is 4.48. The van der Waals surface area contributed by atoms with Gasteiger partial charge < -0.3 is 16.2 Å². The van der Waals surface area contributed by atoms with Gasteiger partial charge in [-0.3, -0.25) is 20.3 Å². The first-order valence-corrected chi connectivity index (χ1v) is 11.2. The molecule has 3 fully saturated rings. The fourth-order valence-electron chi connectivity index (χ4n) is 4.47. The van der Waals surface area contributed by atoms with Crippen molar-refractivity contribution < 1.29 is 23.1 Å². The van der Waals surface area contributed by atoms with E-state index in [9.17, 15) is 28.3 Å². The van der Waals surface area contributed by atoms with Crippen LogP contribution in [0.3, 0.4) is 0 Å². The molecule has 2 saturated heterocycles. The summed E-state index contributed by atoms with van der Waals surface area (Å²) in [6.07, 6.45) is -5.22. The third kappa shape index (κ3) is 4.96. The summed E-state index contributed by atoms with van der Waals surface area (Å²) in [6, 6.07) is 5.37. The van der Waals surface area contributed by atoms with E-state index in [1.807, 2.05) is 4.90 Å². The van der Waals surface area contributed by atoms with Gasteiger partial charge in [0.1, 0.15) is 5.41 Å². The normalized spacial score (nSPS) is 31.7. The highest BCUT2D eigenvalue weighted by molar-refractivity contribution is 6.31. The molecule has 33 heavy (non-hydrogen) atoms. The lowest BCUT2D eigenvalue weighted by atomic mass is 9.98. The minimum atomic E-state index is -4.58. The van der Waals surface area contributed by atoms with Crippen molar-refractivity contribution in [1.82, 2.24) is 20.9 Å². The molecule has 1 amide bonds. The second-order valence-corrected chi connectivity index (χ2v) is 9.45. The summed E-state index contributed by atoms with van der Waals surface area (Å²) < 4.78 is 40.0. The predicted octanol–water partition coefficient (Wildman–Crippen LogP) is 0.916. The van der Waals surface area contributed by atoms with E-state index in [1.165, 1.54) is 12.1 Å². The summed E-state index contributed by atoms with van der Waals surface area (Å²) in [5, 5.41) is 28.3. The number of nitrogens with one attached hydrogen (secondary N) is 3. The number of aliphatic hydroxyl groups excluding tert-OH is 1. The van der Waals surface area contributed by atoms with Crippen molar-refractivity contribution in [3.8, 4) is 6.07 Å². The highest BCUT2D eigenvalue weighted by Gasteiger charge is 2.51. The highest BCUT2D eigenvalue weighted by Crippen LogP contribution is 2.45. The van der Waals surface area contributed by atoms with Crippen LogP contribution in [0, 0.1) is 22.7 Å². The molecule has 2 aliphatic heterocycles. The van der Waals surface area contributed by atoms with E-state index in [1.54, 1.807) is 0 Å². The fourth-order valence-corrected chi connectivity index (χ4v) is 4.69. The largest absolute Gasteiger partial charge is 0.417 e. The molecule has 0 bridgehead atoms. The number of carbonyl (C=O) groups excluding carboxylic acids is 1. The van der Waals surface area contributed by atoms with Crippen LogP contribution in [0.1, 0.15) is 30.1 Å². The van der Waals surface area contributed by atoms with Crippen molar-refractivity contribution in [3.63, 3.8) is 0 Å². The average Bonchev–Trinajstić information content (AvgIpc) is 3.51. The standard InChI is InChI=1S/C21H26ClF3N6O2/c22-14-2-1-11(5-13(14)21(23,24)25)17-28-6-12(7-29-19(33)20(10-26)3-4-20)18(30-17)31-8-15(27)16(32)9-31/h1-2,5,12,15-18,28,30,32H,3-4,6-9,27H2,(H,29,33)/t12?,15-,16-,17?,18?/m1/s1. The molecule has 5 atom stereocenters. The Morgan fingerprint density at radius 2 is 2.12 bits per heavy atom. The molecule has 6 N–H and O–H groups in total. The molecule has 1 aromatic rings. The van der Waals surface area contributed by atoms with Crippen LogP contribution < -0.4 is 21.7 Å². The van der Waals surface area contributed by atoms with Crippen molar-refractivity contribution in [2.24, 2.45) is 17.1 Å². The molecule has 0 spiro atoms. The van der Waals surface area contributed by atoms with Crippen LogP contribution in [0.4, 0.5) is 13.2 Å². The molecule has 2 heterocycles. The lowest BCUT2D eigenvalue weighted by Gasteiger charge is -2.43. The summed E-state index contributed by atoms with van der Waals surface area (Å²) in [7, 11) is 0. The summed E-state index contributed by atoms with van der Waals surface area (Å²) >= 11 is 5.76. The van der Waals surface area contributed by atoms with Crippen molar-refractivity contribution in [3.05, 3.63) is 34.3 Å². The molecule has 8 nitrogen and oxygen atoms in total. The summed E-state index contributed by atoms with van der Waals surface area (Å²) in [6.45, 7) is 1.34. The smallest absolute Gasteiger partial charge is 0.390 e. The molecule has 1 aromatic carbocycles. The lowest BCUT2D eigenvalue weighted by molar-refractivity contribution is -0.137. The van der Waals surface area contributed by atoms with Crippen LogP contribution in [0.15, 0.2) is 18.2 Å². The number of likely N-dealkylation sites (tertiary alicyclic amines) is 1. The molecule has 1 saturated carbocycles. The second-order valence-electron chi connectivity index (χ2n) is 9.04. The zero-order chi connectivity index (χ0) is 24.0. The van der Waals surface area contributed by atoms with E-state index in [2.05, 4.69) is 22.0 Å². The van der Waals surface area contributed by atoms with Crippen LogP contribution >= 0.6 is 11.6 Å². The number of aliphatic hydroxyl groups is 1. The first-order chi connectivity index (χ1) is 15.5. The summed E-state index contributed by atoms with van der Waals surface area (Å²) in [4.78, 5) is 14.4. The Bertz CT molecular complexity index is 941. The minimum absolute atomic E-state index is 0.174. The van der Waals surface area contributed by atoms with E-state index in [0.29, 0.717) is 38.0 Å². The molecule has 0 radical (unpaired) electrons. The van der Waals surface area contributed by atoms with Gasteiger partial charge in [0.15, 0.2) is 0 Å². The molecule has 0 aromatic heterocycles. The van der Waals surface area contributed by atoms with Crippen LogP contribution in [0.25, 0.3) is 0 Å². The van der Waals surface area contributed by atoms with E-state index in [0.717, 1.165) is 6.07 Å². The van der Waals surface area contributed by atoms with Gasteiger partial charge >= 0.3 is 6.18 Å². The molecule has 1 aliphatic carbocycles. The third-order valence-corrected chi connectivity index (χ3v) is 7.00. The second kappa shape index (κ2) is 9.02. The number of alkyl halides is 3. The van der Waals surface area contributed by atoms with E-state index in [-0.39, 0.29) is 29.6 Å². The number of amides is 1. The van der Waals surface area contributed by atoms with E-state index < -0.39 is 35.5 Å². The van der Waals surface area contributed by atoms with Gasteiger partial charge in [-0.25, -0.2) is 0 Å². The number of rotatable bonds is 5. The first-order valence-electron chi connectivity index (χ1n) is 10.8. The van der Waals surface area contributed by atoms with Gasteiger partial charge in [-0.1, -0.05) is 17.7 Å². The van der Waals surface area contributed by atoms with E-state index in [4.69, 9.17) is 17.3 Å². The molecule has 3 unspecified atom stereocenters. The number of nitrogens with zero attached hydrogens (tertiary/aromatic N) is 2. The van der Waals surface area contributed by atoms with Crippen molar-refractivity contribution in [2.75, 3.05) is 26.2 Å². The van der Waals surface area contributed by atoms with Crippen LogP contribution in [-0.4, -0.2) is 60.4 Å². The predicted molar refractivity (Wildman–Crippen MR) is 113 cm³/mol. The Morgan fingerprint density at radius 1 is 1.39 bits per heavy atom. The Morgan fingerprint density at radius 3 is 2.70 bits per heavy atom. The van der Waals surface area contributed by atoms with Crippen molar-refractivity contribution in [2.45, 2.75) is 43.5 Å². The summed E-state index contributed by atoms with van der Waals surface area (Å²) in [5.74, 6) is -0.483. The van der Waals surface area contributed by atoms with Crippen molar-refractivity contribution in [1.29, 1.82) is 5.26 Å². The average molecular weight is 487 g/mol. The Hall–Kier alpha value is -1.94. The van der Waals surface area contributed by atoms with Gasteiger partial charge in [0.2, 0.25) is 5.91 Å². The highest BCUT2D eigenvalue weighted by atomic mass is 35.5. The molecule has 12 heteroatoms. The van der Waals surface area contributed by atoms with Crippen LogP contribution in [0.5, 0.6) is 0 Å². The van der Waals surface area contributed by atoms with Gasteiger partial charge in [-0.05, 0) is 30.5 Å². The molecular formula is C21H26ClF3N6O2. The number of carbonyl (C=O) groups is 1. The van der Waals surface area contributed by atoms with Gasteiger partial charge in [-0.15, -0.1) is 0 Å². The van der Waals surface area contributed by atoms with E-state index >= 15 is 0 Å². The number of nitriles is 1. The monoisotopic (exact) mass is 486 g/mol. The third-order valence-electron chi connectivity index (χ3n) is 6.68. The van der Waals surface area contributed by atoms with Gasteiger partial charge in [0.05, 0.1) is 35.1 Å². The number of hydrogen-bond acceptors (Lipinski definition) is 7. The zero-order valence-electron chi connectivity index (χ0n) is 17.7. The molecule has 4 rings (SSSR count). The van der Waals surface area contributed by atoms with Crippen LogP contribution in [-0.2, 0) is 11.0 Å². The lowest BCUT2D eigenvalue weighted by Crippen LogP contribution is -2.62. The minimum Gasteiger partial charge on any atom is -0.390 e. The number of halogens is 4. The number of hydrogen-bond donors (Lipinski definition) is 5. The number of nitrogens with two attached hydrogens (primary N) is 1. The van der Waals surface area contributed by atoms with Crippen molar-refractivity contribution >= 4 is 17.5 Å². The Kier molecular flexibility index (Phi) is 6.61. The molecule has 3 aliphatic rings. The van der Waals surface area contributed by atoms with Gasteiger partial charge in [0, 0.05) is 38.1 Å². The SMILES string of the molecule is N#CC1(C(=O)NCC2CNC(c3ccc(Cl)c(C(F)(F)F)c3)NC2N2C[C@@H](N)[C@H](O)C2)CC1. The number of β-amino-alcohol motifs (C(OH)–C–C–N with tert-alkyl or cyclic N) is 1. The zero-order valence-corrected chi connectivity index (χ0v) is 18.5. The Balaban J connectivity index is 1.51. The quantitative estimate of drug-likeness (QED) is 0.419. The fraction of sp³-hybridized carbons (Fsp3) is 0.619. The maximum absolute atomic E-state index is 13.3.